The number of amides is 1. The van der Waals surface area contributed by atoms with Crippen molar-refractivity contribution in [2.45, 2.75) is 63.8 Å². The summed E-state index contributed by atoms with van der Waals surface area (Å²) in [6.07, 6.45) is 2.30. The van der Waals surface area contributed by atoms with Gasteiger partial charge in [0.05, 0.1) is 5.60 Å². The molecular weight excluding hydrogens is 357 g/mol. The number of benzene rings is 2. The first-order valence-corrected chi connectivity index (χ1v) is 9.86. The Labute approximate surface area is 164 Å². The second-order valence-electron chi connectivity index (χ2n) is 8.20. The van der Waals surface area contributed by atoms with E-state index >= 15 is 0 Å². The van der Waals surface area contributed by atoms with Gasteiger partial charge < -0.3 is 14.7 Å². The van der Waals surface area contributed by atoms with E-state index in [1.54, 1.807) is 30.9 Å². The first-order chi connectivity index (χ1) is 13.4. The predicted octanol–water partition coefficient (Wildman–Crippen LogP) is 4.59. The Balaban J connectivity index is 1.49. The highest BCUT2D eigenvalue weighted by atomic mass is 19.1. The zero-order valence-corrected chi connectivity index (χ0v) is 16.3. The van der Waals surface area contributed by atoms with E-state index in [1.807, 2.05) is 30.3 Å². The van der Waals surface area contributed by atoms with Gasteiger partial charge in [0, 0.05) is 24.9 Å². The average Bonchev–Trinajstić information content (AvgIpc) is 2.96. The van der Waals surface area contributed by atoms with Crippen molar-refractivity contribution < 1.29 is 19.0 Å². The second kappa shape index (κ2) is 7.21. The topological polar surface area (TPSA) is 49.8 Å². The van der Waals surface area contributed by atoms with Crippen LogP contribution in [0.2, 0.25) is 0 Å². The molecule has 2 fully saturated rings. The Kier molecular flexibility index (Phi) is 4.88. The number of aliphatic hydroxyl groups is 1. The summed E-state index contributed by atoms with van der Waals surface area (Å²) in [6, 6.07) is 13.0. The number of hydrogen-bond donors (Lipinski definition) is 1. The van der Waals surface area contributed by atoms with E-state index in [2.05, 4.69) is 0 Å². The van der Waals surface area contributed by atoms with Gasteiger partial charge in [-0.3, -0.25) is 0 Å². The number of rotatable bonds is 3. The van der Waals surface area contributed by atoms with Crippen LogP contribution in [-0.2, 0) is 16.9 Å². The number of ether oxygens (including phenoxy) is 1. The van der Waals surface area contributed by atoms with Gasteiger partial charge in [-0.25, -0.2) is 9.18 Å². The third-order valence-electron chi connectivity index (χ3n) is 6.16. The summed E-state index contributed by atoms with van der Waals surface area (Å²) in [5, 5.41) is 11.4. The Bertz CT molecular complexity index is 846. The molecule has 0 saturated carbocycles. The maximum atomic E-state index is 14.0. The molecule has 2 bridgehead atoms. The Morgan fingerprint density at radius 2 is 1.71 bits per heavy atom. The molecule has 0 spiro atoms. The molecule has 2 aliphatic rings. The van der Waals surface area contributed by atoms with Gasteiger partial charge in [0.25, 0.3) is 0 Å². The normalized spacial score (nSPS) is 26.4. The van der Waals surface area contributed by atoms with E-state index in [4.69, 9.17) is 4.74 Å². The van der Waals surface area contributed by atoms with Crippen LogP contribution in [0.5, 0.6) is 0 Å². The summed E-state index contributed by atoms with van der Waals surface area (Å²) in [5.41, 5.74) is 1.75. The number of hydrogen-bond acceptors (Lipinski definition) is 3. The average molecular weight is 383 g/mol. The monoisotopic (exact) mass is 383 g/mol. The predicted molar refractivity (Wildman–Crippen MR) is 104 cm³/mol. The van der Waals surface area contributed by atoms with Crippen LogP contribution in [0.25, 0.3) is 0 Å². The molecular formula is C23H26FNO3. The largest absolute Gasteiger partial charge is 0.445 e. The van der Waals surface area contributed by atoms with Crippen molar-refractivity contribution in [3.8, 4) is 0 Å². The number of fused-ring (bicyclic) bond motifs is 2. The van der Waals surface area contributed by atoms with Crippen molar-refractivity contribution in [1.82, 2.24) is 4.90 Å². The standard InChI is InChI=1S/C23H26FNO3/c1-15-10-18(11-16(2)21(15)24)23(27)12-19-8-9-20(13-23)25(19)22(26)28-14-17-6-4-3-5-7-17/h3-7,10-11,19-20,27H,8-9,12-14H2,1-2H3. The molecule has 2 heterocycles. The van der Waals surface area contributed by atoms with Gasteiger partial charge in [-0.05, 0) is 48.9 Å². The highest BCUT2D eigenvalue weighted by Crippen LogP contribution is 2.46. The van der Waals surface area contributed by atoms with Gasteiger partial charge in [-0.15, -0.1) is 0 Å². The quantitative estimate of drug-likeness (QED) is 0.843. The molecule has 2 unspecified atom stereocenters. The van der Waals surface area contributed by atoms with Crippen LogP contribution in [-0.4, -0.2) is 28.2 Å². The minimum absolute atomic E-state index is 0.0577. The summed E-state index contributed by atoms with van der Waals surface area (Å²) in [7, 11) is 0. The van der Waals surface area contributed by atoms with Crippen LogP contribution in [0.3, 0.4) is 0 Å². The molecule has 1 N–H and O–H groups in total. The summed E-state index contributed by atoms with van der Waals surface area (Å²) in [6.45, 7) is 3.69. The Morgan fingerprint density at radius 1 is 1.14 bits per heavy atom. The highest BCUT2D eigenvalue weighted by Gasteiger charge is 2.50. The summed E-state index contributed by atoms with van der Waals surface area (Å²) < 4.78 is 19.5. The highest BCUT2D eigenvalue weighted by molar-refractivity contribution is 5.69. The number of aryl methyl sites for hydroxylation is 2. The van der Waals surface area contributed by atoms with Gasteiger partial charge in [-0.1, -0.05) is 42.5 Å². The lowest BCUT2D eigenvalue weighted by Gasteiger charge is -2.43. The molecule has 2 aromatic carbocycles. The number of halogens is 1. The van der Waals surface area contributed by atoms with Crippen LogP contribution in [0.1, 0.15) is 47.9 Å². The number of nitrogens with zero attached hydrogens (tertiary/aromatic N) is 1. The fraction of sp³-hybridized carbons (Fsp3) is 0.435. The molecule has 0 aliphatic carbocycles. The molecule has 2 atom stereocenters. The van der Waals surface area contributed by atoms with Crippen LogP contribution in [0.15, 0.2) is 42.5 Å². The molecule has 148 valence electrons. The van der Waals surface area contributed by atoms with E-state index in [9.17, 15) is 14.3 Å². The van der Waals surface area contributed by atoms with E-state index in [0.717, 1.165) is 24.0 Å². The van der Waals surface area contributed by atoms with Crippen molar-refractivity contribution in [3.05, 3.63) is 70.5 Å². The Hall–Kier alpha value is -2.40. The minimum atomic E-state index is -1.04. The van der Waals surface area contributed by atoms with Crippen molar-refractivity contribution in [3.63, 3.8) is 0 Å². The first kappa shape index (κ1) is 18.9. The van der Waals surface area contributed by atoms with Crippen molar-refractivity contribution >= 4 is 6.09 Å². The van der Waals surface area contributed by atoms with E-state index in [0.29, 0.717) is 24.0 Å². The fourth-order valence-electron chi connectivity index (χ4n) is 4.77. The maximum Gasteiger partial charge on any atom is 0.410 e. The minimum Gasteiger partial charge on any atom is -0.445 e. The summed E-state index contributed by atoms with van der Waals surface area (Å²) in [5.74, 6) is -0.225. The van der Waals surface area contributed by atoms with Gasteiger partial charge in [0.15, 0.2) is 0 Å². The molecule has 4 rings (SSSR count). The van der Waals surface area contributed by atoms with Crippen LogP contribution in [0, 0.1) is 19.7 Å². The first-order valence-electron chi connectivity index (χ1n) is 9.86. The van der Waals surface area contributed by atoms with Crippen LogP contribution < -0.4 is 0 Å². The molecule has 0 aromatic heterocycles. The van der Waals surface area contributed by atoms with Gasteiger partial charge in [0.2, 0.25) is 0 Å². The molecule has 2 aliphatic heterocycles. The lowest BCUT2D eigenvalue weighted by atomic mass is 9.79. The summed E-state index contributed by atoms with van der Waals surface area (Å²) in [4.78, 5) is 14.5. The number of carbonyl (C=O) groups is 1. The Morgan fingerprint density at radius 3 is 2.29 bits per heavy atom. The second-order valence-corrected chi connectivity index (χ2v) is 8.20. The van der Waals surface area contributed by atoms with Gasteiger partial charge >= 0.3 is 6.09 Å². The lowest BCUT2D eigenvalue weighted by molar-refractivity contribution is -0.0537. The maximum absolute atomic E-state index is 14.0. The molecule has 2 aromatic rings. The third-order valence-corrected chi connectivity index (χ3v) is 6.16. The van der Waals surface area contributed by atoms with Crippen LogP contribution >= 0.6 is 0 Å². The van der Waals surface area contributed by atoms with Crippen molar-refractivity contribution in [2.24, 2.45) is 0 Å². The molecule has 0 radical (unpaired) electrons. The smallest absolute Gasteiger partial charge is 0.410 e. The number of carbonyl (C=O) groups excluding carboxylic acids is 1. The van der Waals surface area contributed by atoms with E-state index in [1.165, 1.54) is 0 Å². The van der Waals surface area contributed by atoms with Gasteiger partial charge in [-0.2, -0.15) is 0 Å². The lowest BCUT2D eigenvalue weighted by Crippen LogP contribution is -2.52. The summed E-state index contributed by atoms with van der Waals surface area (Å²) >= 11 is 0. The SMILES string of the molecule is Cc1cc(C2(O)CC3CCC(C2)N3C(=O)OCc2ccccc2)cc(C)c1F. The van der Waals surface area contributed by atoms with Gasteiger partial charge in [0.1, 0.15) is 12.4 Å². The molecule has 5 heteroatoms. The van der Waals surface area contributed by atoms with Crippen molar-refractivity contribution in [1.29, 1.82) is 0 Å². The fourth-order valence-corrected chi connectivity index (χ4v) is 4.77. The molecule has 28 heavy (non-hydrogen) atoms. The molecule has 1 amide bonds. The van der Waals surface area contributed by atoms with Crippen LogP contribution in [0.4, 0.5) is 9.18 Å². The zero-order chi connectivity index (χ0) is 19.9. The third kappa shape index (κ3) is 3.39. The van der Waals surface area contributed by atoms with E-state index in [-0.39, 0.29) is 30.6 Å². The van der Waals surface area contributed by atoms with Crippen molar-refractivity contribution in [2.75, 3.05) is 0 Å². The van der Waals surface area contributed by atoms with E-state index < -0.39 is 5.60 Å². The molecule has 2 saturated heterocycles. The molecule has 4 nitrogen and oxygen atoms in total. The number of piperidine rings is 1. The zero-order valence-electron chi connectivity index (χ0n) is 16.3.